The van der Waals surface area contributed by atoms with Crippen molar-refractivity contribution in [1.29, 1.82) is 0 Å². The zero-order chi connectivity index (χ0) is 14.2. The van der Waals surface area contributed by atoms with Gasteiger partial charge < -0.3 is 0 Å². The second-order valence-electron chi connectivity index (χ2n) is 6.42. The molecular weight excluding hydrogens is 237 g/mol. The normalized spacial score (nSPS) is 28.9. The van der Waals surface area contributed by atoms with Crippen LogP contribution in [0.15, 0.2) is 36.5 Å². The average Bonchev–Trinajstić information content (AvgIpc) is 2.23. The molecule has 0 unspecified atom stereocenters. The maximum absolute atomic E-state index is 13.2. The average molecular weight is 258 g/mol. The summed E-state index contributed by atoms with van der Waals surface area (Å²) in [7, 11) is 0. The van der Waals surface area contributed by atoms with Gasteiger partial charge in [-0.1, -0.05) is 64.2 Å². The van der Waals surface area contributed by atoms with Gasteiger partial charge in [0.2, 0.25) is 0 Å². The molecule has 0 atom stereocenters. The summed E-state index contributed by atoms with van der Waals surface area (Å²) >= 11 is 0. The Labute approximate surface area is 107 Å². The van der Waals surface area contributed by atoms with Crippen LogP contribution in [0.5, 0.6) is 0 Å². The van der Waals surface area contributed by atoms with E-state index < -0.39 is 11.6 Å². The van der Waals surface area contributed by atoms with Crippen LogP contribution in [0.1, 0.15) is 34.6 Å². The van der Waals surface area contributed by atoms with E-state index in [1.807, 2.05) is 39.8 Å². The molecule has 0 aromatic carbocycles. The van der Waals surface area contributed by atoms with Crippen molar-refractivity contribution >= 4 is 0 Å². The molecule has 0 heterocycles. The third-order valence-electron chi connectivity index (χ3n) is 3.27. The zero-order valence-electron chi connectivity index (χ0n) is 11.6. The lowest BCUT2D eigenvalue weighted by molar-refractivity contribution is -0.183. The van der Waals surface area contributed by atoms with Gasteiger partial charge in [-0.05, 0) is 6.92 Å². The molecule has 0 saturated carbocycles. The van der Waals surface area contributed by atoms with Crippen LogP contribution in [0.25, 0.3) is 0 Å². The summed E-state index contributed by atoms with van der Waals surface area (Å²) in [6.45, 7) is 8.81. The summed E-state index contributed by atoms with van der Waals surface area (Å²) in [4.78, 5) is 0. The van der Waals surface area contributed by atoms with Crippen molar-refractivity contribution in [2.75, 3.05) is 0 Å². The van der Waals surface area contributed by atoms with Gasteiger partial charge >= 0.3 is 6.18 Å². The largest absolute Gasteiger partial charge is 0.400 e. The minimum absolute atomic E-state index is 0.379. The highest BCUT2D eigenvalue weighted by Gasteiger charge is 2.47. The van der Waals surface area contributed by atoms with E-state index in [0.29, 0.717) is 0 Å². The van der Waals surface area contributed by atoms with E-state index >= 15 is 0 Å². The second kappa shape index (κ2) is 4.29. The van der Waals surface area contributed by atoms with Gasteiger partial charge in [-0.3, -0.25) is 0 Å². The van der Waals surface area contributed by atoms with Crippen LogP contribution in [-0.4, -0.2) is 6.18 Å². The van der Waals surface area contributed by atoms with Gasteiger partial charge in [0, 0.05) is 10.8 Å². The molecule has 0 nitrogen and oxygen atoms in total. The zero-order valence-corrected chi connectivity index (χ0v) is 11.6. The number of halogens is 3. The first-order chi connectivity index (χ1) is 7.87. The SMILES string of the molecule is CC1(C)C=CC(C)(C)/C=C\C(C)(C(F)(F)F)/C=C\1. The summed E-state index contributed by atoms with van der Waals surface area (Å²) in [5, 5.41) is 0. The molecule has 18 heavy (non-hydrogen) atoms. The molecule has 0 bridgehead atoms. The molecule has 3 heteroatoms. The first-order valence-corrected chi connectivity index (χ1v) is 6.05. The number of hydrogen-bond donors (Lipinski definition) is 0. The summed E-state index contributed by atoms with van der Waals surface area (Å²) in [6, 6.07) is 0. The molecule has 0 amide bonds. The van der Waals surface area contributed by atoms with E-state index in [0.717, 1.165) is 0 Å². The Morgan fingerprint density at radius 1 is 0.611 bits per heavy atom. The lowest BCUT2D eigenvalue weighted by atomic mass is 9.84. The Morgan fingerprint density at radius 2 is 0.889 bits per heavy atom. The van der Waals surface area contributed by atoms with Gasteiger partial charge in [-0.2, -0.15) is 13.2 Å². The molecule has 0 saturated heterocycles. The minimum Gasteiger partial charge on any atom is -0.170 e. The Morgan fingerprint density at radius 3 is 1.17 bits per heavy atom. The molecule has 0 fully saturated rings. The van der Waals surface area contributed by atoms with Gasteiger partial charge in [0.15, 0.2) is 0 Å². The van der Waals surface area contributed by atoms with Gasteiger partial charge in [0.05, 0.1) is 5.41 Å². The molecule has 102 valence electrons. The smallest absolute Gasteiger partial charge is 0.170 e. The van der Waals surface area contributed by atoms with E-state index in [1.165, 1.54) is 19.1 Å². The van der Waals surface area contributed by atoms with Crippen LogP contribution in [0.3, 0.4) is 0 Å². The quantitative estimate of drug-likeness (QED) is 0.518. The van der Waals surface area contributed by atoms with E-state index in [4.69, 9.17) is 0 Å². The molecule has 0 aliphatic heterocycles. The van der Waals surface area contributed by atoms with E-state index in [2.05, 4.69) is 0 Å². The topological polar surface area (TPSA) is 0 Å². The second-order valence-corrected chi connectivity index (χ2v) is 6.42. The van der Waals surface area contributed by atoms with Crippen LogP contribution in [0, 0.1) is 16.2 Å². The minimum atomic E-state index is -4.28. The Hall–Kier alpha value is -0.990. The Bertz CT molecular complexity index is 364. The molecule has 0 aromatic heterocycles. The van der Waals surface area contributed by atoms with Crippen molar-refractivity contribution in [2.45, 2.75) is 40.8 Å². The van der Waals surface area contributed by atoms with E-state index in [9.17, 15) is 13.2 Å². The van der Waals surface area contributed by atoms with Crippen LogP contribution in [0.2, 0.25) is 0 Å². The third kappa shape index (κ3) is 3.50. The molecule has 1 aliphatic rings. The fraction of sp³-hybridized carbons (Fsp3) is 0.600. The molecular formula is C15H21F3. The van der Waals surface area contributed by atoms with Crippen LogP contribution in [-0.2, 0) is 0 Å². The fourth-order valence-electron chi connectivity index (χ4n) is 1.56. The van der Waals surface area contributed by atoms with Crippen LogP contribution < -0.4 is 0 Å². The molecule has 1 aliphatic carbocycles. The number of rotatable bonds is 0. The van der Waals surface area contributed by atoms with Crippen molar-refractivity contribution in [1.82, 2.24) is 0 Å². The predicted molar refractivity (Wildman–Crippen MR) is 69.1 cm³/mol. The monoisotopic (exact) mass is 258 g/mol. The van der Waals surface area contributed by atoms with E-state index in [1.54, 1.807) is 12.2 Å². The van der Waals surface area contributed by atoms with Crippen molar-refractivity contribution in [2.24, 2.45) is 16.2 Å². The van der Waals surface area contributed by atoms with Crippen molar-refractivity contribution < 1.29 is 13.2 Å². The molecule has 0 aromatic rings. The fourth-order valence-corrected chi connectivity index (χ4v) is 1.56. The lowest BCUT2D eigenvalue weighted by Gasteiger charge is -2.27. The molecule has 1 rings (SSSR count). The Kier molecular flexibility index (Phi) is 3.59. The van der Waals surface area contributed by atoms with Crippen molar-refractivity contribution in [3.05, 3.63) is 36.5 Å². The molecule has 0 N–H and O–H groups in total. The lowest BCUT2D eigenvalue weighted by Crippen LogP contribution is -2.31. The summed E-state index contributed by atoms with van der Waals surface area (Å²) in [5.74, 6) is 0. The van der Waals surface area contributed by atoms with Gasteiger partial charge in [0.1, 0.15) is 0 Å². The molecule has 0 radical (unpaired) electrons. The van der Waals surface area contributed by atoms with Crippen LogP contribution >= 0.6 is 0 Å². The summed E-state index contributed by atoms with van der Waals surface area (Å²) in [5.41, 5.74) is -2.67. The maximum Gasteiger partial charge on any atom is 0.400 e. The first-order valence-electron chi connectivity index (χ1n) is 6.05. The summed E-state index contributed by atoms with van der Waals surface area (Å²) in [6.07, 6.45) is 5.40. The summed E-state index contributed by atoms with van der Waals surface area (Å²) < 4.78 is 39.5. The predicted octanol–water partition coefficient (Wildman–Crippen LogP) is 5.29. The first kappa shape index (κ1) is 15.1. The maximum atomic E-state index is 13.2. The highest BCUT2D eigenvalue weighted by atomic mass is 19.4. The van der Waals surface area contributed by atoms with Crippen molar-refractivity contribution in [3.8, 4) is 0 Å². The highest BCUT2D eigenvalue weighted by Crippen LogP contribution is 2.43. The number of hydrogen-bond acceptors (Lipinski definition) is 0. The molecule has 0 spiro atoms. The third-order valence-corrected chi connectivity index (χ3v) is 3.27. The Balaban J connectivity index is 3.33. The van der Waals surface area contributed by atoms with Crippen molar-refractivity contribution in [3.63, 3.8) is 0 Å². The standard InChI is InChI=1S/C15H21F3/c1-12(2)6-7-13(3,4)9-11-14(5,10-8-12)15(16,17)18/h6-11H,1-5H3/b7-6?,10-8-,11-9-. The van der Waals surface area contributed by atoms with Crippen LogP contribution in [0.4, 0.5) is 13.2 Å². The highest BCUT2D eigenvalue weighted by molar-refractivity contribution is 5.24. The van der Waals surface area contributed by atoms with Gasteiger partial charge in [-0.25, -0.2) is 0 Å². The van der Waals surface area contributed by atoms with E-state index in [-0.39, 0.29) is 10.8 Å². The number of allylic oxidation sites excluding steroid dienone is 6. The number of alkyl halides is 3. The van der Waals surface area contributed by atoms with Gasteiger partial charge in [0.25, 0.3) is 0 Å². The van der Waals surface area contributed by atoms with Gasteiger partial charge in [-0.15, -0.1) is 0 Å².